The standard InChI is InChI=1S/C30H34N8O2.C20H22N6O/c1-36(2)25-13-14-37(19-25)30(40)20-8-5-9-22(15-20)33-27-17-26-32-23-10-6-11-24(16-23)34-28(39)12-4-3-7-21-18-31-38(27)29(21)35-26;27-19-7-2-1-4-13-12-21-26-18(23-14-8-9-14)11-17(25-20(13)26)22-15-5-3-6-16(10-15)24-19/h5-6,8-11,15-18,25,33H,3-4,7,12-14,19H2,1-2H3,(H,32,35)(H,34,39);3,5-6,10-12,14,23H,1-2,4,7-9H2,(H,22,25)(H,24,27). The minimum absolute atomic E-state index is 0.0143. The van der Waals surface area contributed by atoms with Gasteiger partial charge in [0.15, 0.2) is 11.3 Å². The molecule has 11 rings (SSSR count). The van der Waals surface area contributed by atoms with Crippen molar-refractivity contribution in [1.82, 2.24) is 39.0 Å². The highest BCUT2D eigenvalue weighted by Crippen LogP contribution is 2.31. The zero-order valence-corrected chi connectivity index (χ0v) is 37.9. The summed E-state index contributed by atoms with van der Waals surface area (Å²) in [5.74, 6) is 3.23. The largest absolute Gasteiger partial charge is 0.367 e. The summed E-state index contributed by atoms with van der Waals surface area (Å²) in [6.45, 7) is 1.50. The molecule has 17 heteroatoms. The lowest BCUT2D eigenvalue weighted by Crippen LogP contribution is -2.34. The van der Waals surface area contributed by atoms with Gasteiger partial charge in [0.05, 0.1) is 12.4 Å². The number of likely N-dealkylation sites (N-methyl/N-ethyl adjacent to an activating group) is 1. The Kier molecular flexibility index (Phi) is 12.4. The Bertz CT molecular complexity index is 2960. The molecule has 4 aliphatic rings. The fourth-order valence-corrected chi connectivity index (χ4v) is 8.83. The Morgan fingerprint density at radius 1 is 0.642 bits per heavy atom. The number of benzene rings is 3. The fourth-order valence-electron chi connectivity index (χ4n) is 8.83. The summed E-state index contributed by atoms with van der Waals surface area (Å²) in [5, 5.41) is 28.9. The van der Waals surface area contributed by atoms with E-state index in [-0.39, 0.29) is 17.7 Å². The first-order valence-corrected chi connectivity index (χ1v) is 23.4. The average Bonchev–Trinajstić information content (AvgIpc) is 3.62. The van der Waals surface area contributed by atoms with Crippen LogP contribution in [0, 0.1) is 0 Å². The summed E-state index contributed by atoms with van der Waals surface area (Å²) in [7, 11) is 4.12. The number of rotatable bonds is 6. The topological polar surface area (TPSA) is 190 Å². The molecule has 3 aliphatic heterocycles. The third kappa shape index (κ3) is 10.3. The van der Waals surface area contributed by atoms with Crippen LogP contribution in [-0.2, 0) is 22.4 Å². The number of nitrogens with zero attached hydrogens (tertiary/aromatic N) is 8. The molecule has 4 aromatic heterocycles. The molecule has 1 saturated carbocycles. The van der Waals surface area contributed by atoms with Crippen LogP contribution in [0.1, 0.15) is 79.3 Å². The van der Waals surface area contributed by atoms with E-state index >= 15 is 0 Å². The number of fused-ring (bicyclic) bond motifs is 6. The lowest BCUT2D eigenvalue weighted by molar-refractivity contribution is -0.117. The summed E-state index contributed by atoms with van der Waals surface area (Å²) in [4.78, 5) is 51.6. The Labute approximate surface area is 388 Å². The molecule has 8 bridgehead atoms. The lowest BCUT2D eigenvalue weighted by Gasteiger charge is -2.20. The van der Waals surface area contributed by atoms with Gasteiger partial charge in [0, 0.05) is 95.3 Å². The number of hydrogen-bond donors (Lipinski definition) is 6. The van der Waals surface area contributed by atoms with Gasteiger partial charge in [0.2, 0.25) is 11.8 Å². The first-order valence-electron chi connectivity index (χ1n) is 23.4. The van der Waals surface area contributed by atoms with Gasteiger partial charge in [-0.1, -0.05) is 18.2 Å². The number of likely N-dealkylation sites (tertiary alicyclic amines) is 1. The van der Waals surface area contributed by atoms with Crippen LogP contribution in [0.4, 0.5) is 51.7 Å². The van der Waals surface area contributed by atoms with Crippen LogP contribution in [0.15, 0.2) is 97.3 Å². The van der Waals surface area contributed by atoms with Gasteiger partial charge >= 0.3 is 0 Å². The predicted molar refractivity (Wildman–Crippen MR) is 262 cm³/mol. The number of amides is 3. The van der Waals surface area contributed by atoms with E-state index in [1.165, 1.54) is 12.8 Å². The third-order valence-corrected chi connectivity index (χ3v) is 12.6. The fraction of sp³-hybridized carbons (Fsp3) is 0.340. The van der Waals surface area contributed by atoms with Crippen molar-refractivity contribution >= 4 is 80.7 Å². The second kappa shape index (κ2) is 19.1. The first kappa shape index (κ1) is 43.4. The SMILES string of the molecule is CN(C)C1CCN(C(=O)c2cccc(Nc3cc4nc5c(cnn35)CCCCC(=O)Nc3cccc(c3)N4)c2)C1.O=C1CCCCc2cnn3c(NC4CC4)cc(nc23)Nc2cccc(c2)N1. The van der Waals surface area contributed by atoms with Crippen molar-refractivity contribution in [1.29, 1.82) is 0 Å². The molecule has 67 heavy (non-hydrogen) atoms. The van der Waals surface area contributed by atoms with Gasteiger partial charge in [-0.3, -0.25) is 14.4 Å². The monoisotopic (exact) mass is 900 g/mol. The molecule has 1 saturated heterocycles. The molecule has 3 amide bonds. The van der Waals surface area contributed by atoms with Crippen molar-refractivity contribution in [2.45, 2.75) is 82.7 Å². The Balaban J connectivity index is 0.000000169. The van der Waals surface area contributed by atoms with Crippen LogP contribution in [0.5, 0.6) is 0 Å². The first-order chi connectivity index (χ1) is 32.7. The van der Waals surface area contributed by atoms with Gasteiger partial charge in [-0.15, -0.1) is 0 Å². The summed E-state index contributed by atoms with van der Waals surface area (Å²) < 4.78 is 3.69. The highest BCUT2D eigenvalue weighted by molar-refractivity contribution is 5.96. The molecule has 7 heterocycles. The lowest BCUT2D eigenvalue weighted by atomic mass is 10.1. The maximum atomic E-state index is 13.3. The van der Waals surface area contributed by atoms with Crippen molar-refractivity contribution in [2.24, 2.45) is 0 Å². The van der Waals surface area contributed by atoms with E-state index in [0.717, 1.165) is 126 Å². The number of nitrogens with one attached hydrogen (secondary N) is 6. The van der Waals surface area contributed by atoms with Crippen molar-refractivity contribution in [3.63, 3.8) is 0 Å². The highest BCUT2D eigenvalue weighted by Gasteiger charge is 2.28. The van der Waals surface area contributed by atoms with Crippen molar-refractivity contribution < 1.29 is 14.4 Å². The van der Waals surface area contributed by atoms with Gasteiger partial charge in [0.25, 0.3) is 5.91 Å². The maximum Gasteiger partial charge on any atom is 0.253 e. The van der Waals surface area contributed by atoms with E-state index in [4.69, 9.17) is 9.97 Å². The van der Waals surface area contributed by atoms with E-state index in [1.54, 1.807) is 4.52 Å². The van der Waals surface area contributed by atoms with E-state index in [9.17, 15) is 14.4 Å². The molecular weight excluding hydrogens is 845 g/mol. The molecule has 0 radical (unpaired) electrons. The number of aromatic nitrogens is 6. The van der Waals surface area contributed by atoms with Crippen LogP contribution in [-0.4, -0.2) is 96.0 Å². The van der Waals surface area contributed by atoms with E-state index in [1.807, 2.05) is 107 Å². The molecular formula is C50H56N14O3. The Hall–Kier alpha value is -7.53. The molecule has 344 valence electrons. The van der Waals surface area contributed by atoms with Crippen molar-refractivity contribution in [3.8, 4) is 0 Å². The van der Waals surface area contributed by atoms with E-state index in [2.05, 4.69) is 61.1 Å². The molecule has 17 nitrogen and oxygen atoms in total. The summed E-state index contributed by atoms with van der Waals surface area (Å²) in [5.41, 5.74) is 8.46. The van der Waals surface area contributed by atoms with Gasteiger partial charge in [-0.25, -0.2) is 9.97 Å². The number of carbonyl (C=O) groups is 3. The van der Waals surface area contributed by atoms with E-state index < -0.39 is 0 Å². The second-order valence-corrected chi connectivity index (χ2v) is 18.1. The third-order valence-electron chi connectivity index (χ3n) is 12.6. The molecule has 1 aliphatic carbocycles. The summed E-state index contributed by atoms with van der Waals surface area (Å²) in [6.07, 6.45) is 13.1. The minimum Gasteiger partial charge on any atom is -0.367 e. The smallest absolute Gasteiger partial charge is 0.253 e. The van der Waals surface area contributed by atoms with Gasteiger partial charge in [-0.05, 0) is 126 Å². The van der Waals surface area contributed by atoms with Crippen LogP contribution in [0.3, 0.4) is 0 Å². The molecule has 3 aromatic carbocycles. The molecule has 2 fully saturated rings. The number of hydrogen-bond acceptors (Lipinski definition) is 12. The Morgan fingerprint density at radius 2 is 1.18 bits per heavy atom. The predicted octanol–water partition coefficient (Wildman–Crippen LogP) is 8.37. The van der Waals surface area contributed by atoms with Crippen LogP contribution in [0.2, 0.25) is 0 Å². The quantitative estimate of drug-likeness (QED) is 0.0937. The van der Waals surface area contributed by atoms with Crippen molar-refractivity contribution in [3.05, 3.63) is 114 Å². The van der Waals surface area contributed by atoms with E-state index in [0.29, 0.717) is 36.3 Å². The summed E-state index contributed by atoms with van der Waals surface area (Å²) in [6, 6.07) is 27.8. The highest BCUT2D eigenvalue weighted by atomic mass is 16.2. The van der Waals surface area contributed by atoms with Crippen LogP contribution < -0.4 is 31.9 Å². The second-order valence-electron chi connectivity index (χ2n) is 18.1. The molecule has 7 aromatic rings. The zero-order valence-electron chi connectivity index (χ0n) is 37.9. The Morgan fingerprint density at radius 3 is 1.75 bits per heavy atom. The number of aryl methyl sites for hydroxylation is 2. The molecule has 0 spiro atoms. The van der Waals surface area contributed by atoms with Crippen LogP contribution in [0.25, 0.3) is 11.3 Å². The maximum absolute atomic E-state index is 13.3. The summed E-state index contributed by atoms with van der Waals surface area (Å²) >= 11 is 0. The van der Waals surface area contributed by atoms with Gasteiger partial charge < -0.3 is 41.7 Å². The molecule has 1 atom stereocenters. The number of anilines is 9. The zero-order chi connectivity index (χ0) is 45.9. The number of carbonyl (C=O) groups excluding carboxylic acids is 3. The molecule has 1 unspecified atom stereocenters. The van der Waals surface area contributed by atoms with Gasteiger partial charge in [-0.2, -0.15) is 19.2 Å². The van der Waals surface area contributed by atoms with Gasteiger partial charge in [0.1, 0.15) is 23.3 Å². The van der Waals surface area contributed by atoms with Crippen molar-refractivity contribution in [2.75, 3.05) is 59.1 Å². The minimum atomic E-state index is 0.0143. The average molecular weight is 901 g/mol. The molecule has 6 N–H and O–H groups in total. The van der Waals surface area contributed by atoms with Crippen LogP contribution >= 0.6 is 0 Å². The normalized spacial score (nSPS) is 17.4.